The number of thiocarbonyl (C=S) groups is 1. The minimum Gasteiger partial charge on any atom is -0.362 e. The summed E-state index contributed by atoms with van der Waals surface area (Å²) < 4.78 is 0. The first kappa shape index (κ1) is 21.1. The Kier molecular flexibility index (Phi) is 6.70. The van der Waals surface area contributed by atoms with Crippen molar-refractivity contribution in [2.45, 2.75) is 47.0 Å². The molecule has 29 heavy (non-hydrogen) atoms. The summed E-state index contributed by atoms with van der Waals surface area (Å²) in [4.78, 5) is 15.5. The molecule has 0 saturated carbocycles. The van der Waals surface area contributed by atoms with Crippen LogP contribution in [0.2, 0.25) is 0 Å². The molecule has 152 valence electrons. The van der Waals surface area contributed by atoms with Crippen LogP contribution < -0.4 is 16.2 Å². The number of para-hydroxylation sites is 1. The number of rotatable bonds is 6. The number of anilines is 1. The minimum atomic E-state index is -0.0310. The third kappa shape index (κ3) is 4.67. The molecule has 0 radical (unpaired) electrons. The lowest BCUT2D eigenvalue weighted by atomic mass is 10.0. The highest BCUT2D eigenvalue weighted by atomic mass is 32.1. The van der Waals surface area contributed by atoms with Crippen LogP contribution in [0.3, 0.4) is 0 Å². The van der Waals surface area contributed by atoms with Gasteiger partial charge in [0.25, 0.3) is 5.56 Å². The third-order valence-corrected chi connectivity index (χ3v) is 5.79. The number of H-pyrrole nitrogens is 1. The summed E-state index contributed by atoms with van der Waals surface area (Å²) in [6, 6.07) is 12.5. The number of nitrogens with one attached hydrogen (secondary N) is 3. The van der Waals surface area contributed by atoms with Gasteiger partial charge in [-0.3, -0.25) is 4.79 Å². The van der Waals surface area contributed by atoms with Crippen molar-refractivity contribution in [3.8, 4) is 0 Å². The normalized spacial score (nSPS) is 10.9. The molecule has 0 atom stereocenters. The zero-order chi connectivity index (χ0) is 21.0. The van der Waals surface area contributed by atoms with Crippen LogP contribution in [0.25, 0.3) is 10.9 Å². The maximum Gasteiger partial charge on any atom is 0.251 e. The van der Waals surface area contributed by atoms with E-state index in [0.29, 0.717) is 18.1 Å². The van der Waals surface area contributed by atoms with Gasteiger partial charge < -0.3 is 15.6 Å². The number of aromatic nitrogens is 1. The second-order valence-corrected chi connectivity index (χ2v) is 7.79. The Morgan fingerprint density at radius 3 is 2.38 bits per heavy atom. The lowest BCUT2D eigenvalue weighted by molar-refractivity contribution is 0.862. The molecule has 0 fully saturated rings. The van der Waals surface area contributed by atoms with Crippen LogP contribution in [-0.2, 0) is 19.3 Å². The maximum absolute atomic E-state index is 12.5. The number of benzene rings is 2. The maximum atomic E-state index is 12.5. The first-order chi connectivity index (χ1) is 13.9. The highest BCUT2D eigenvalue weighted by Crippen LogP contribution is 2.22. The monoisotopic (exact) mass is 407 g/mol. The molecule has 0 saturated heterocycles. The second kappa shape index (κ2) is 9.23. The Hall–Kier alpha value is -2.66. The summed E-state index contributed by atoms with van der Waals surface area (Å²) >= 11 is 5.50. The molecule has 0 spiro atoms. The van der Waals surface area contributed by atoms with Gasteiger partial charge in [-0.25, -0.2) is 0 Å². The molecule has 0 bridgehead atoms. The molecule has 0 aliphatic rings. The van der Waals surface area contributed by atoms with Gasteiger partial charge in [-0.15, -0.1) is 0 Å². The average Bonchev–Trinajstić information content (AvgIpc) is 2.72. The molecular weight excluding hydrogens is 378 g/mol. The molecule has 0 aliphatic carbocycles. The van der Waals surface area contributed by atoms with Gasteiger partial charge in [0.15, 0.2) is 5.11 Å². The summed E-state index contributed by atoms with van der Waals surface area (Å²) in [5, 5.41) is 8.26. The zero-order valence-corrected chi connectivity index (χ0v) is 18.4. The van der Waals surface area contributed by atoms with Gasteiger partial charge in [0.05, 0.1) is 5.52 Å². The van der Waals surface area contributed by atoms with Gasteiger partial charge in [-0.2, -0.15) is 0 Å². The van der Waals surface area contributed by atoms with Crippen LogP contribution in [0.15, 0.2) is 41.2 Å². The standard InChI is InChI=1S/C24H29N3OS/c1-5-17-8-7-9-18(6-2)22(17)27-24(29)25-13-12-20-14-19-11-10-15(3)16(4)21(19)26-23(20)28/h7-11,14H,5-6,12-13H2,1-4H3,(H,26,28)(H2,25,27,29). The molecule has 0 amide bonds. The third-order valence-electron chi connectivity index (χ3n) is 5.55. The largest absolute Gasteiger partial charge is 0.362 e. The molecule has 3 aromatic rings. The summed E-state index contributed by atoms with van der Waals surface area (Å²) in [5.41, 5.74) is 7.57. The van der Waals surface area contributed by atoms with E-state index in [0.717, 1.165) is 40.6 Å². The highest BCUT2D eigenvalue weighted by molar-refractivity contribution is 7.80. The lowest BCUT2D eigenvalue weighted by Gasteiger charge is -2.17. The van der Waals surface area contributed by atoms with Gasteiger partial charge >= 0.3 is 0 Å². The first-order valence-electron chi connectivity index (χ1n) is 10.2. The van der Waals surface area contributed by atoms with Crippen molar-refractivity contribution in [1.82, 2.24) is 10.3 Å². The Morgan fingerprint density at radius 1 is 1.03 bits per heavy atom. The predicted octanol–water partition coefficient (Wildman–Crippen LogP) is 4.80. The van der Waals surface area contributed by atoms with Gasteiger partial charge in [0, 0.05) is 17.8 Å². The molecule has 1 heterocycles. The molecule has 3 rings (SSSR count). The van der Waals surface area contributed by atoms with Crippen molar-refractivity contribution in [3.63, 3.8) is 0 Å². The quantitative estimate of drug-likeness (QED) is 0.514. The van der Waals surface area contributed by atoms with E-state index in [1.807, 2.05) is 13.0 Å². The van der Waals surface area contributed by atoms with Crippen molar-refractivity contribution in [2.75, 3.05) is 11.9 Å². The Balaban J connectivity index is 1.68. The van der Waals surface area contributed by atoms with E-state index in [-0.39, 0.29) is 5.56 Å². The summed E-state index contributed by atoms with van der Waals surface area (Å²) in [6.45, 7) is 8.98. The lowest BCUT2D eigenvalue weighted by Crippen LogP contribution is -2.32. The van der Waals surface area contributed by atoms with Crippen LogP contribution in [0.5, 0.6) is 0 Å². The first-order valence-corrected chi connectivity index (χ1v) is 10.6. The molecule has 4 nitrogen and oxygen atoms in total. The molecule has 0 aliphatic heterocycles. The number of aryl methyl sites for hydroxylation is 4. The Labute approximate surface area is 177 Å². The molecule has 2 aromatic carbocycles. The number of hydrogen-bond donors (Lipinski definition) is 3. The molecule has 3 N–H and O–H groups in total. The predicted molar refractivity (Wildman–Crippen MR) is 127 cm³/mol. The number of hydrogen-bond acceptors (Lipinski definition) is 2. The van der Waals surface area contributed by atoms with Gasteiger partial charge in [-0.1, -0.05) is 44.2 Å². The summed E-state index contributed by atoms with van der Waals surface area (Å²) in [7, 11) is 0. The summed E-state index contributed by atoms with van der Waals surface area (Å²) in [5.74, 6) is 0. The van der Waals surface area contributed by atoms with Gasteiger partial charge in [0.1, 0.15) is 0 Å². The van der Waals surface area contributed by atoms with Crippen LogP contribution in [0.1, 0.15) is 41.7 Å². The van der Waals surface area contributed by atoms with Crippen molar-refractivity contribution in [1.29, 1.82) is 0 Å². The van der Waals surface area contributed by atoms with Gasteiger partial charge in [0.2, 0.25) is 0 Å². The average molecular weight is 408 g/mol. The molecule has 5 heteroatoms. The SMILES string of the molecule is CCc1cccc(CC)c1NC(=S)NCCc1cc2ccc(C)c(C)c2[nH]c1=O. The van der Waals surface area contributed by atoms with E-state index in [2.05, 4.69) is 66.7 Å². The van der Waals surface area contributed by atoms with Crippen molar-refractivity contribution < 1.29 is 0 Å². The van der Waals surface area contributed by atoms with Crippen LogP contribution >= 0.6 is 12.2 Å². The topological polar surface area (TPSA) is 56.9 Å². The summed E-state index contributed by atoms with van der Waals surface area (Å²) in [6.07, 6.45) is 2.50. The van der Waals surface area contributed by atoms with Crippen molar-refractivity contribution in [3.05, 3.63) is 74.6 Å². The second-order valence-electron chi connectivity index (χ2n) is 7.38. The molecular formula is C24H29N3OS. The van der Waals surface area contributed by atoms with E-state index in [4.69, 9.17) is 12.2 Å². The Morgan fingerprint density at radius 2 is 1.72 bits per heavy atom. The smallest absolute Gasteiger partial charge is 0.251 e. The fraction of sp³-hybridized carbons (Fsp3) is 0.333. The van der Waals surface area contributed by atoms with E-state index in [9.17, 15) is 4.79 Å². The van der Waals surface area contributed by atoms with Gasteiger partial charge in [-0.05, 0) is 79.0 Å². The number of pyridine rings is 1. The molecule has 1 aromatic heterocycles. The van der Waals surface area contributed by atoms with E-state index in [1.54, 1.807) is 0 Å². The van der Waals surface area contributed by atoms with Crippen molar-refractivity contribution >= 4 is 33.9 Å². The van der Waals surface area contributed by atoms with Crippen LogP contribution in [0.4, 0.5) is 5.69 Å². The fourth-order valence-electron chi connectivity index (χ4n) is 3.63. The zero-order valence-electron chi connectivity index (χ0n) is 17.6. The Bertz CT molecular complexity index is 1080. The highest BCUT2D eigenvalue weighted by Gasteiger charge is 2.09. The number of aromatic amines is 1. The van der Waals surface area contributed by atoms with Crippen molar-refractivity contribution in [2.24, 2.45) is 0 Å². The van der Waals surface area contributed by atoms with E-state index in [1.165, 1.54) is 16.7 Å². The fourth-order valence-corrected chi connectivity index (χ4v) is 3.83. The minimum absolute atomic E-state index is 0.0310. The van der Waals surface area contributed by atoms with E-state index < -0.39 is 0 Å². The molecule has 0 unspecified atom stereocenters. The number of fused-ring (bicyclic) bond motifs is 1. The van der Waals surface area contributed by atoms with Crippen LogP contribution in [-0.4, -0.2) is 16.6 Å². The van der Waals surface area contributed by atoms with Crippen LogP contribution in [0, 0.1) is 13.8 Å². The van der Waals surface area contributed by atoms with E-state index >= 15 is 0 Å².